The van der Waals surface area contributed by atoms with E-state index >= 15 is 0 Å². The summed E-state index contributed by atoms with van der Waals surface area (Å²) in [6.07, 6.45) is 6.69. The lowest BCUT2D eigenvalue weighted by Crippen LogP contribution is -2.45. The topological polar surface area (TPSA) is 60.1 Å². The maximum absolute atomic E-state index is 6.04. The van der Waals surface area contributed by atoms with Crippen LogP contribution in [0, 0.1) is 5.92 Å². The van der Waals surface area contributed by atoms with E-state index in [1.807, 2.05) is 0 Å². The minimum atomic E-state index is 0.365. The molecule has 2 fully saturated rings. The van der Waals surface area contributed by atoms with Crippen LogP contribution in [0.5, 0.6) is 0 Å². The molecule has 0 aromatic carbocycles. The van der Waals surface area contributed by atoms with E-state index in [-0.39, 0.29) is 0 Å². The number of hydrogen-bond donors (Lipinski definition) is 1. The van der Waals surface area contributed by atoms with Gasteiger partial charge in [0.1, 0.15) is 0 Å². The lowest BCUT2D eigenvalue weighted by atomic mass is 9.98. The highest BCUT2D eigenvalue weighted by molar-refractivity contribution is 5.78. The van der Waals surface area contributed by atoms with Crippen molar-refractivity contribution in [1.29, 1.82) is 0 Å². The van der Waals surface area contributed by atoms with Gasteiger partial charge in [-0.3, -0.25) is 4.99 Å². The van der Waals surface area contributed by atoms with Gasteiger partial charge in [0.15, 0.2) is 5.96 Å². The molecule has 2 aliphatic rings. The van der Waals surface area contributed by atoms with Crippen molar-refractivity contribution in [2.75, 3.05) is 39.5 Å². The molecule has 1 aliphatic heterocycles. The van der Waals surface area contributed by atoms with Crippen molar-refractivity contribution in [1.82, 2.24) is 4.90 Å². The van der Waals surface area contributed by atoms with Gasteiger partial charge in [-0.25, -0.2) is 0 Å². The highest BCUT2D eigenvalue weighted by atomic mass is 16.5. The molecule has 5 heteroatoms. The monoisotopic (exact) mass is 283 g/mol. The fraction of sp³-hybridized carbons (Fsp3) is 0.933. The highest BCUT2D eigenvalue weighted by Gasteiger charge is 2.25. The van der Waals surface area contributed by atoms with Gasteiger partial charge in [-0.05, 0) is 32.1 Å². The first-order valence-corrected chi connectivity index (χ1v) is 8.05. The van der Waals surface area contributed by atoms with E-state index in [1.54, 1.807) is 0 Å². The molecular formula is C15H29N3O2. The van der Waals surface area contributed by atoms with E-state index < -0.39 is 0 Å². The Kier molecular flexibility index (Phi) is 6.60. The molecular weight excluding hydrogens is 254 g/mol. The highest BCUT2D eigenvalue weighted by Crippen LogP contribution is 2.30. The molecule has 0 spiro atoms. The summed E-state index contributed by atoms with van der Waals surface area (Å²) in [6, 6.07) is 0. The summed E-state index contributed by atoms with van der Waals surface area (Å²) in [5, 5.41) is 0. The van der Waals surface area contributed by atoms with Crippen LogP contribution in [0.15, 0.2) is 4.99 Å². The summed E-state index contributed by atoms with van der Waals surface area (Å²) < 4.78 is 11.2. The second-order valence-electron chi connectivity index (χ2n) is 5.67. The predicted molar refractivity (Wildman–Crippen MR) is 80.9 cm³/mol. The molecule has 1 atom stereocenters. The number of hydrogen-bond acceptors (Lipinski definition) is 3. The zero-order valence-corrected chi connectivity index (χ0v) is 12.7. The number of nitrogens with zero attached hydrogens (tertiary/aromatic N) is 2. The number of aliphatic imine (C=N–C) groups is 1. The van der Waals surface area contributed by atoms with Gasteiger partial charge in [0.05, 0.1) is 19.3 Å². The quantitative estimate of drug-likeness (QED) is 0.594. The molecule has 1 heterocycles. The maximum atomic E-state index is 6.04. The first kappa shape index (κ1) is 15.6. The second-order valence-corrected chi connectivity index (χ2v) is 5.67. The minimum absolute atomic E-state index is 0.365. The zero-order valence-electron chi connectivity index (χ0n) is 12.7. The lowest BCUT2D eigenvalue weighted by Gasteiger charge is -2.28. The van der Waals surface area contributed by atoms with Gasteiger partial charge in [-0.2, -0.15) is 0 Å². The van der Waals surface area contributed by atoms with Crippen molar-refractivity contribution >= 4 is 5.96 Å². The van der Waals surface area contributed by atoms with Gasteiger partial charge in [0.2, 0.25) is 0 Å². The van der Waals surface area contributed by atoms with Gasteiger partial charge in [-0.1, -0.05) is 12.8 Å². The molecule has 0 bridgehead atoms. The van der Waals surface area contributed by atoms with Crippen molar-refractivity contribution in [3.8, 4) is 0 Å². The van der Waals surface area contributed by atoms with Gasteiger partial charge in [0, 0.05) is 26.2 Å². The fourth-order valence-electron chi connectivity index (χ4n) is 3.20. The van der Waals surface area contributed by atoms with Crippen LogP contribution in [0.4, 0.5) is 0 Å². The summed E-state index contributed by atoms with van der Waals surface area (Å²) in [4.78, 5) is 6.63. The Morgan fingerprint density at radius 3 is 2.70 bits per heavy atom. The van der Waals surface area contributed by atoms with Crippen LogP contribution in [-0.4, -0.2) is 56.4 Å². The van der Waals surface area contributed by atoms with Crippen molar-refractivity contribution in [2.45, 2.75) is 45.1 Å². The Morgan fingerprint density at radius 2 is 2.05 bits per heavy atom. The molecule has 0 aromatic rings. The Balaban J connectivity index is 1.76. The average Bonchev–Trinajstić information content (AvgIpc) is 3.01. The molecule has 0 radical (unpaired) electrons. The van der Waals surface area contributed by atoms with Crippen LogP contribution >= 0.6 is 0 Å². The molecule has 1 aliphatic carbocycles. The molecule has 2 rings (SSSR count). The SMILES string of the molecule is CCO[C@@H](CCN=C(N)N1CCOCC1)C1CCCC1. The molecule has 1 saturated carbocycles. The third-order valence-corrected chi connectivity index (χ3v) is 4.33. The van der Waals surface area contributed by atoms with Crippen molar-refractivity contribution in [2.24, 2.45) is 16.6 Å². The van der Waals surface area contributed by atoms with E-state index in [0.717, 1.165) is 51.8 Å². The molecule has 20 heavy (non-hydrogen) atoms. The van der Waals surface area contributed by atoms with Crippen LogP contribution in [-0.2, 0) is 9.47 Å². The van der Waals surface area contributed by atoms with E-state index in [2.05, 4.69) is 16.8 Å². The smallest absolute Gasteiger partial charge is 0.191 e. The largest absolute Gasteiger partial charge is 0.378 e. The van der Waals surface area contributed by atoms with Crippen molar-refractivity contribution in [3.63, 3.8) is 0 Å². The molecule has 1 saturated heterocycles. The van der Waals surface area contributed by atoms with Crippen molar-refractivity contribution in [3.05, 3.63) is 0 Å². The third kappa shape index (κ3) is 4.63. The van der Waals surface area contributed by atoms with Crippen LogP contribution < -0.4 is 5.73 Å². The number of nitrogens with two attached hydrogens (primary N) is 1. The van der Waals surface area contributed by atoms with Gasteiger partial charge < -0.3 is 20.1 Å². The van der Waals surface area contributed by atoms with E-state index in [1.165, 1.54) is 25.7 Å². The first-order valence-electron chi connectivity index (χ1n) is 8.05. The van der Waals surface area contributed by atoms with Crippen LogP contribution in [0.25, 0.3) is 0 Å². The molecule has 2 N–H and O–H groups in total. The van der Waals surface area contributed by atoms with Gasteiger partial charge >= 0.3 is 0 Å². The number of rotatable bonds is 6. The van der Waals surface area contributed by atoms with E-state index in [4.69, 9.17) is 15.2 Å². The number of ether oxygens (including phenoxy) is 2. The molecule has 0 amide bonds. The Labute approximate surface area is 122 Å². The second kappa shape index (κ2) is 8.47. The fourth-order valence-corrected chi connectivity index (χ4v) is 3.20. The predicted octanol–water partition coefficient (Wildman–Crippen LogP) is 1.62. The summed E-state index contributed by atoms with van der Waals surface area (Å²) in [6.45, 7) is 6.85. The Morgan fingerprint density at radius 1 is 1.35 bits per heavy atom. The van der Waals surface area contributed by atoms with Gasteiger partial charge in [0.25, 0.3) is 0 Å². The van der Waals surface area contributed by atoms with Crippen LogP contribution in [0.1, 0.15) is 39.0 Å². The lowest BCUT2D eigenvalue weighted by molar-refractivity contribution is 0.0176. The molecule has 0 unspecified atom stereocenters. The summed E-state index contributed by atoms with van der Waals surface area (Å²) in [5.74, 6) is 1.39. The Hall–Kier alpha value is -0.810. The summed E-state index contributed by atoms with van der Waals surface area (Å²) in [5.41, 5.74) is 6.04. The molecule has 0 aromatic heterocycles. The zero-order chi connectivity index (χ0) is 14.2. The van der Waals surface area contributed by atoms with E-state index in [9.17, 15) is 0 Å². The van der Waals surface area contributed by atoms with Gasteiger partial charge in [-0.15, -0.1) is 0 Å². The maximum Gasteiger partial charge on any atom is 0.191 e. The minimum Gasteiger partial charge on any atom is -0.378 e. The summed E-state index contributed by atoms with van der Waals surface area (Å²) in [7, 11) is 0. The first-order chi connectivity index (χ1) is 9.81. The average molecular weight is 283 g/mol. The van der Waals surface area contributed by atoms with Crippen LogP contribution in [0.3, 0.4) is 0 Å². The summed E-state index contributed by atoms with van der Waals surface area (Å²) >= 11 is 0. The number of guanidine groups is 1. The van der Waals surface area contributed by atoms with Crippen molar-refractivity contribution < 1.29 is 9.47 Å². The third-order valence-electron chi connectivity index (χ3n) is 4.33. The standard InChI is InChI=1S/C15H29N3O2/c1-2-20-14(13-5-3-4-6-13)7-8-17-15(16)18-9-11-19-12-10-18/h13-14H,2-12H2,1H3,(H2,16,17)/t14-/m0/s1. The van der Waals surface area contributed by atoms with Crippen LogP contribution in [0.2, 0.25) is 0 Å². The van der Waals surface area contributed by atoms with E-state index in [0.29, 0.717) is 12.1 Å². The molecule has 5 nitrogen and oxygen atoms in total. The number of morpholine rings is 1. The normalized spacial score (nSPS) is 23.2. The Bertz CT molecular complexity index is 297. The molecule has 116 valence electrons.